The van der Waals surface area contributed by atoms with E-state index in [0.717, 1.165) is 28.5 Å². The molecule has 39 heavy (non-hydrogen) atoms. The van der Waals surface area contributed by atoms with Gasteiger partial charge in [0.1, 0.15) is 0 Å². The Bertz CT molecular complexity index is 1650. The van der Waals surface area contributed by atoms with Crippen LogP contribution in [0.1, 0.15) is 29.5 Å². The fraction of sp³-hybridized carbons (Fsp3) is 0.167. The maximum atomic E-state index is 13.7. The molecule has 0 aliphatic heterocycles. The van der Waals surface area contributed by atoms with Gasteiger partial charge >= 0.3 is 18.3 Å². The third-order valence-corrected chi connectivity index (χ3v) is 6.64. The smallest absolute Gasteiger partial charge is 0.416 e. The fourth-order valence-electron chi connectivity index (χ4n) is 4.81. The Labute approximate surface area is 218 Å². The van der Waals surface area contributed by atoms with Crippen molar-refractivity contribution < 1.29 is 36.2 Å². The Balaban J connectivity index is 1.74. The zero-order chi connectivity index (χ0) is 27.9. The minimum absolute atomic E-state index is 0.0122. The average molecular weight is 541 g/mol. The van der Waals surface area contributed by atoms with E-state index in [2.05, 4.69) is 0 Å². The molecule has 0 bridgehead atoms. The van der Waals surface area contributed by atoms with Crippen molar-refractivity contribution in [3.05, 3.63) is 102 Å². The number of alkyl halides is 6. The van der Waals surface area contributed by atoms with Crippen LogP contribution < -0.4 is 0 Å². The molecule has 5 rings (SSSR count). The van der Waals surface area contributed by atoms with Crippen molar-refractivity contribution in [3.63, 3.8) is 0 Å². The van der Waals surface area contributed by atoms with E-state index in [9.17, 15) is 31.1 Å². The van der Waals surface area contributed by atoms with Gasteiger partial charge in [-0.05, 0) is 77.2 Å². The lowest BCUT2D eigenvalue weighted by atomic mass is 10.0. The largest absolute Gasteiger partial charge is 0.481 e. The van der Waals surface area contributed by atoms with Crippen LogP contribution in [-0.4, -0.2) is 15.6 Å². The van der Waals surface area contributed by atoms with E-state index in [0.29, 0.717) is 29.4 Å². The van der Waals surface area contributed by atoms with Gasteiger partial charge in [-0.3, -0.25) is 4.79 Å². The number of nitrogens with zero attached hydrogens (tertiary/aromatic N) is 1. The molecule has 0 spiro atoms. The highest BCUT2D eigenvalue weighted by Crippen LogP contribution is 2.41. The van der Waals surface area contributed by atoms with E-state index in [4.69, 9.17) is 5.11 Å². The number of hydrogen-bond acceptors (Lipinski definition) is 1. The second-order valence-corrected chi connectivity index (χ2v) is 9.29. The van der Waals surface area contributed by atoms with Crippen LogP contribution in [0.3, 0.4) is 0 Å². The van der Waals surface area contributed by atoms with E-state index in [1.54, 1.807) is 41.0 Å². The zero-order valence-corrected chi connectivity index (χ0v) is 20.3. The molecular weight excluding hydrogens is 520 g/mol. The minimum atomic E-state index is -4.98. The lowest BCUT2D eigenvalue weighted by Crippen LogP contribution is -2.11. The van der Waals surface area contributed by atoms with Gasteiger partial charge in [0.05, 0.1) is 22.3 Å². The first-order valence-electron chi connectivity index (χ1n) is 12.1. The monoisotopic (exact) mass is 541 g/mol. The summed E-state index contributed by atoms with van der Waals surface area (Å²) in [5.41, 5.74) is -0.788. The van der Waals surface area contributed by atoms with Crippen molar-refractivity contribution in [2.45, 2.75) is 31.6 Å². The van der Waals surface area contributed by atoms with Crippen LogP contribution in [0.2, 0.25) is 0 Å². The minimum Gasteiger partial charge on any atom is -0.481 e. The van der Waals surface area contributed by atoms with Crippen LogP contribution in [-0.2, 0) is 23.6 Å². The lowest BCUT2D eigenvalue weighted by molar-refractivity contribution is -0.143. The highest BCUT2D eigenvalue weighted by atomic mass is 19.4. The van der Waals surface area contributed by atoms with Crippen molar-refractivity contribution >= 4 is 27.6 Å². The number of benzene rings is 4. The van der Waals surface area contributed by atoms with E-state index < -0.39 is 29.4 Å². The number of aromatic nitrogens is 1. The maximum Gasteiger partial charge on any atom is 0.416 e. The van der Waals surface area contributed by atoms with Crippen molar-refractivity contribution in [1.82, 2.24) is 4.57 Å². The molecule has 9 heteroatoms. The Morgan fingerprint density at radius 1 is 0.744 bits per heavy atom. The fourth-order valence-corrected chi connectivity index (χ4v) is 4.81. The Morgan fingerprint density at radius 2 is 1.38 bits per heavy atom. The predicted octanol–water partition coefficient (Wildman–Crippen LogP) is 8.90. The quantitative estimate of drug-likeness (QED) is 0.218. The molecule has 0 saturated carbocycles. The number of rotatable bonds is 6. The molecule has 0 aliphatic rings. The Morgan fingerprint density at radius 3 is 2.00 bits per heavy atom. The van der Waals surface area contributed by atoms with E-state index in [1.165, 1.54) is 0 Å². The summed E-state index contributed by atoms with van der Waals surface area (Å²) in [5, 5.41) is 11.2. The first kappa shape index (κ1) is 26.3. The van der Waals surface area contributed by atoms with E-state index in [1.807, 2.05) is 30.3 Å². The van der Waals surface area contributed by atoms with Gasteiger partial charge < -0.3 is 9.67 Å². The maximum absolute atomic E-state index is 13.7. The van der Waals surface area contributed by atoms with Crippen LogP contribution in [0, 0.1) is 0 Å². The summed E-state index contributed by atoms with van der Waals surface area (Å²) in [6.07, 6.45) is -8.99. The van der Waals surface area contributed by atoms with Gasteiger partial charge in [0, 0.05) is 17.5 Å². The van der Waals surface area contributed by atoms with Crippen molar-refractivity contribution in [2.24, 2.45) is 0 Å². The summed E-state index contributed by atoms with van der Waals surface area (Å²) in [7, 11) is 0. The summed E-state index contributed by atoms with van der Waals surface area (Å²) in [6, 6.07) is 21.3. The molecule has 0 radical (unpaired) electrons. The predicted molar refractivity (Wildman–Crippen MR) is 137 cm³/mol. The van der Waals surface area contributed by atoms with Gasteiger partial charge in [-0.2, -0.15) is 26.3 Å². The highest BCUT2D eigenvalue weighted by Gasteiger charge is 2.37. The molecule has 200 valence electrons. The van der Waals surface area contributed by atoms with Crippen molar-refractivity contribution in [2.75, 3.05) is 0 Å². The first-order chi connectivity index (χ1) is 18.4. The van der Waals surface area contributed by atoms with Crippen molar-refractivity contribution in [3.8, 4) is 16.9 Å². The van der Waals surface area contributed by atoms with Gasteiger partial charge in [0.25, 0.3) is 0 Å². The molecule has 5 aromatic rings. The number of aliphatic carboxylic acids is 1. The van der Waals surface area contributed by atoms with E-state index >= 15 is 0 Å². The van der Waals surface area contributed by atoms with Crippen LogP contribution in [0.25, 0.3) is 38.6 Å². The average Bonchev–Trinajstić information content (AvgIpc) is 3.28. The van der Waals surface area contributed by atoms with E-state index in [-0.39, 0.29) is 23.7 Å². The first-order valence-corrected chi connectivity index (χ1v) is 12.1. The normalized spacial score (nSPS) is 12.4. The number of halogens is 6. The summed E-state index contributed by atoms with van der Waals surface area (Å²) in [6.45, 7) is 0. The molecule has 0 atom stereocenters. The number of carboxylic acid groups (broad SMARTS) is 1. The van der Waals surface area contributed by atoms with Gasteiger partial charge in [0.15, 0.2) is 0 Å². The second kappa shape index (κ2) is 9.80. The molecule has 1 N–H and O–H groups in total. The molecule has 0 fully saturated rings. The molecule has 1 aromatic heterocycles. The van der Waals surface area contributed by atoms with Crippen LogP contribution in [0.5, 0.6) is 0 Å². The van der Waals surface area contributed by atoms with Crippen LogP contribution in [0.4, 0.5) is 26.3 Å². The molecule has 0 aliphatic carbocycles. The molecule has 0 saturated heterocycles. The third-order valence-electron chi connectivity index (χ3n) is 6.64. The summed E-state index contributed by atoms with van der Waals surface area (Å²) in [5.74, 6) is -0.901. The van der Waals surface area contributed by atoms with Gasteiger partial charge in [-0.1, -0.05) is 42.5 Å². The molecular formula is C30H21F6NO2. The van der Waals surface area contributed by atoms with Gasteiger partial charge in [0.2, 0.25) is 0 Å². The Kier molecular flexibility index (Phi) is 6.62. The van der Waals surface area contributed by atoms with Gasteiger partial charge in [-0.25, -0.2) is 0 Å². The summed E-state index contributed by atoms with van der Waals surface area (Å²) >= 11 is 0. The van der Waals surface area contributed by atoms with Crippen LogP contribution >= 0.6 is 0 Å². The standard InChI is InChI=1S/C30H21F6NO2/c31-29(32,33)21-14-20(15-22(16-21)30(34,35)36)27-17-25-24-6-2-1-5-19(24)10-13-26(25)37(27)23-11-8-18(9-12-23)4-3-7-28(38)39/h1-2,5-6,8-17H,3-4,7H2,(H,38,39). The number of carboxylic acids is 1. The van der Waals surface area contributed by atoms with Gasteiger partial charge in [-0.15, -0.1) is 0 Å². The number of aryl methyl sites for hydroxylation is 1. The zero-order valence-electron chi connectivity index (χ0n) is 20.3. The number of carbonyl (C=O) groups is 1. The lowest BCUT2D eigenvalue weighted by Gasteiger charge is -2.16. The number of fused-ring (bicyclic) bond motifs is 3. The molecule has 1 heterocycles. The second-order valence-electron chi connectivity index (χ2n) is 9.29. The molecule has 4 aromatic carbocycles. The number of hydrogen-bond donors (Lipinski definition) is 1. The summed E-state index contributed by atoms with van der Waals surface area (Å²) < 4.78 is 83.7. The highest BCUT2D eigenvalue weighted by molar-refractivity contribution is 6.09. The van der Waals surface area contributed by atoms with Crippen LogP contribution in [0.15, 0.2) is 84.9 Å². The molecule has 0 amide bonds. The Hall–Kier alpha value is -4.27. The molecule has 0 unspecified atom stereocenters. The third kappa shape index (κ3) is 5.34. The van der Waals surface area contributed by atoms with Crippen molar-refractivity contribution in [1.29, 1.82) is 0 Å². The SMILES string of the molecule is O=C(O)CCCc1ccc(-n2c(-c3cc(C(F)(F)F)cc(C(F)(F)F)c3)cc3c4ccccc4ccc32)cc1. The summed E-state index contributed by atoms with van der Waals surface area (Å²) in [4.78, 5) is 10.8. The molecule has 3 nitrogen and oxygen atoms in total. The topological polar surface area (TPSA) is 42.2 Å².